The molecule has 1 saturated heterocycles. The number of pyridine rings is 1. The van der Waals surface area contributed by atoms with Gasteiger partial charge < -0.3 is 4.74 Å². The molecule has 1 aliphatic heterocycles. The lowest BCUT2D eigenvalue weighted by molar-refractivity contribution is 0.136. The van der Waals surface area contributed by atoms with Crippen LogP contribution in [-0.2, 0) is 13.0 Å². The maximum absolute atomic E-state index is 5.67. The Bertz CT molecular complexity index is 1010. The Hall–Kier alpha value is -2.79. The number of nitrogens with zero attached hydrogens (tertiary/aromatic N) is 4. The minimum Gasteiger partial charge on any atom is -0.496 e. The van der Waals surface area contributed by atoms with Crippen LogP contribution in [0.1, 0.15) is 61.3 Å². The lowest BCUT2D eigenvalue weighted by Gasteiger charge is -2.36. The van der Waals surface area contributed by atoms with E-state index in [-0.39, 0.29) is 6.04 Å². The van der Waals surface area contributed by atoms with Crippen LogP contribution in [-0.4, -0.2) is 33.5 Å². The van der Waals surface area contributed by atoms with Crippen LogP contribution in [0, 0.1) is 6.92 Å². The molecule has 3 aromatic rings. The first-order valence-electron chi connectivity index (χ1n) is 11.3. The molecule has 0 aliphatic carbocycles. The Morgan fingerprint density at radius 1 is 1.13 bits per heavy atom. The van der Waals surface area contributed by atoms with Gasteiger partial charge in [0.1, 0.15) is 11.6 Å². The van der Waals surface area contributed by atoms with Crippen molar-refractivity contribution in [3.8, 4) is 16.9 Å². The Kier molecular flexibility index (Phi) is 6.92. The first-order chi connectivity index (χ1) is 15.2. The Morgan fingerprint density at radius 2 is 1.97 bits per heavy atom. The average molecular weight is 417 g/mol. The number of likely N-dealkylation sites (tertiary alicyclic amines) is 1. The van der Waals surface area contributed by atoms with Crippen molar-refractivity contribution in [2.24, 2.45) is 0 Å². The van der Waals surface area contributed by atoms with Crippen molar-refractivity contribution in [3.63, 3.8) is 0 Å². The van der Waals surface area contributed by atoms with Gasteiger partial charge in [-0.3, -0.25) is 9.88 Å². The number of hydrogen-bond acceptors (Lipinski definition) is 5. The quantitative estimate of drug-likeness (QED) is 0.506. The Labute approximate surface area is 185 Å². The van der Waals surface area contributed by atoms with Gasteiger partial charge in [-0.05, 0) is 56.5 Å². The number of rotatable bonds is 7. The number of aryl methyl sites for hydroxylation is 2. The molecule has 0 saturated carbocycles. The van der Waals surface area contributed by atoms with Crippen LogP contribution in [0.5, 0.6) is 5.75 Å². The molecule has 1 atom stereocenters. The van der Waals surface area contributed by atoms with Crippen LogP contribution in [0.15, 0.2) is 48.9 Å². The van der Waals surface area contributed by atoms with Gasteiger partial charge in [-0.2, -0.15) is 0 Å². The van der Waals surface area contributed by atoms with Gasteiger partial charge >= 0.3 is 0 Å². The molecule has 1 fully saturated rings. The summed E-state index contributed by atoms with van der Waals surface area (Å²) in [6, 6.07) is 10.8. The van der Waals surface area contributed by atoms with Gasteiger partial charge in [0, 0.05) is 42.7 Å². The van der Waals surface area contributed by atoms with E-state index in [1.807, 2.05) is 18.6 Å². The fourth-order valence-electron chi connectivity index (χ4n) is 4.52. The molecule has 5 heteroatoms. The summed E-state index contributed by atoms with van der Waals surface area (Å²) in [5.41, 5.74) is 5.90. The third kappa shape index (κ3) is 4.93. The smallest absolute Gasteiger partial charge is 0.128 e. The van der Waals surface area contributed by atoms with E-state index in [2.05, 4.69) is 59.0 Å². The van der Waals surface area contributed by atoms with E-state index >= 15 is 0 Å². The monoisotopic (exact) mass is 416 g/mol. The fraction of sp³-hybridized carbons (Fsp3) is 0.423. The minimum absolute atomic E-state index is 0.265. The van der Waals surface area contributed by atoms with Gasteiger partial charge in [0.2, 0.25) is 0 Å². The number of benzene rings is 1. The van der Waals surface area contributed by atoms with Crippen LogP contribution < -0.4 is 4.74 Å². The zero-order chi connectivity index (χ0) is 21.6. The largest absolute Gasteiger partial charge is 0.496 e. The summed E-state index contributed by atoms with van der Waals surface area (Å²) in [6.45, 7) is 6.24. The van der Waals surface area contributed by atoms with E-state index in [1.165, 1.54) is 24.0 Å². The summed E-state index contributed by atoms with van der Waals surface area (Å²) in [5, 5.41) is 0. The van der Waals surface area contributed by atoms with Gasteiger partial charge in [-0.1, -0.05) is 31.0 Å². The molecule has 162 valence electrons. The number of methoxy groups -OCH3 is 1. The first kappa shape index (κ1) is 21.4. The maximum atomic E-state index is 5.67. The average Bonchev–Trinajstić information content (AvgIpc) is 2.80. The predicted molar refractivity (Wildman–Crippen MR) is 124 cm³/mol. The molecule has 0 unspecified atom stereocenters. The molecule has 1 aliphatic rings. The molecule has 0 radical (unpaired) electrons. The van der Waals surface area contributed by atoms with Crippen molar-refractivity contribution in [2.45, 2.75) is 58.5 Å². The molecular weight excluding hydrogens is 384 g/mol. The van der Waals surface area contributed by atoms with E-state index in [4.69, 9.17) is 9.72 Å². The second-order valence-corrected chi connectivity index (χ2v) is 8.37. The van der Waals surface area contributed by atoms with Crippen molar-refractivity contribution in [2.75, 3.05) is 13.7 Å². The maximum Gasteiger partial charge on any atom is 0.128 e. The SMILES string of the molecule is CCCc1ncc(-c2ccncc2)c([C@@H]2CCCCN2Cc2cc(C)ccc2OC)n1. The van der Waals surface area contributed by atoms with Crippen molar-refractivity contribution in [1.82, 2.24) is 19.9 Å². The second-order valence-electron chi connectivity index (χ2n) is 8.37. The van der Waals surface area contributed by atoms with Gasteiger partial charge in [0.05, 0.1) is 18.8 Å². The summed E-state index contributed by atoms with van der Waals surface area (Å²) in [6.07, 6.45) is 11.2. The van der Waals surface area contributed by atoms with Gasteiger partial charge in [0.25, 0.3) is 0 Å². The molecule has 5 nitrogen and oxygen atoms in total. The van der Waals surface area contributed by atoms with Crippen LogP contribution >= 0.6 is 0 Å². The van der Waals surface area contributed by atoms with Gasteiger partial charge in [-0.15, -0.1) is 0 Å². The van der Waals surface area contributed by atoms with Crippen molar-refractivity contribution in [3.05, 3.63) is 71.6 Å². The molecule has 0 bridgehead atoms. The third-order valence-corrected chi connectivity index (χ3v) is 6.07. The summed E-state index contributed by atoms with van der Waals surface area (Å²) >= 11 is 0. The highest BCUT2D eigenvalue weighted by Gasteiger charge is 2.29. The lowest BCUT2D eigenvalue weighted by atomic mass is 9.93. The molecule has 3 heterocycles. The van der Waals surface area contributed by atoms with Crippen LogP contribution in [0.3, 0.4) is 0 Å². The molecule has 1 aromatic carbocycles. The van der Waals surface area contributed by atoms with Crippen molar-refractivity contribution in [1.29, 1.82) is 0 Å². The summed E-state index contributed by atoms with van der Waals surface area (Å²) in [4.78, 5) is 16.6. The standard InChI is InChI=1S/C26H32N4O/c1-4-7-25-28-17-22(20-11-13-27-14-12-20)26(29-25)23-8-5-6-15-30(23)18-21-16-19(2)9-10-24(21)31-3/h9-14,16-17,23H,4-8,15,18H2,1-3H3/t23-/m0/s1. The number of hydrogen-bond donors (Lipinski definition) is 0. The van der Waals surface area contributed by atoms with E-state index < -0.39 is 0 Å². The highest BCUT2D eigenvalue weighted by molar-refractivity contribution is 5.65. The van der Waals surface area contributed by atoms with Crippen LogP contribution in [0.4, 0.5) is 0 Å². The summed E-state index contributed by atoms with van der Waals surface area (Å²) < 4.78 is 5.67. The van der Waals surface area contributed by atoms with Crippen molar-refractivity contribution < 1.29 is 4.74 Å². The van der Waals surface area contributed by atoms with E-state index in [9.17, 15) is 0 Å². The van der Waals surface area contributed by atoms with Crippen molar-refractivity contribution >= 4 is 0 Å². The van der Waals surface area contributed by atoms with Gasteiger partial charge in [-0.25, -0.2) is 9.97 Å². The van der Waals surface area contributed by atoms with Gasteiger partial charge in [0.15, 0.2) is 0 Å². The van der Waals surface area contributed by atoms with E-state index in [0.717, 1.165) is 60.7 Å². The fourth-order valence-corrected chi connectivity index (χ4v) is 4.52. The Balaban J connectivity index is 1.73. The zero-order valence-corrected chi connectivity index (χ0v) is 18.8. The van der Waals surface area contributed by atoms with E-state index in [1.54, 1.807) is 7.11 Å². The van der Waals surface area contributed by atoms with Crippen LogP contribution in [0.2, 0.25) is 0 Å². The van der Waals surface area contributed by atoms with E-state index in [0.29, 0.717) is 0 Å². The summed E-state index contributed by atoms with van der Waals surface area (Å²) in [7, 11) is 1.75. The molecule has 0 N–H and O–H groups in total. The zero-order valence-electron chi connectivity index (χ0n) is 18.8. The molecule has 0 amide bonds. The second kappa shape index (κ2) is 10.0. The number of piperidine rings is 1. The highest BCUT2D eigenvalue weighted by atomic mass is 16.5. The number of ether oxygens (including phenoxy) is 1. The normalized spacial score (nSPS) is 16.9. The lowest BCUT2D eigenvalue weighted by Crippen LogP contribution is -2.34. The number of aromatic nitrogens is 3. The molecule has 2 aromatic heterocycles. The minimum atomic E-state index is 0.265. The Morgan fingerprint density at radius 3 is 2.74 bits per heavy atom. The van der Waals surface area contributed by atoms with Crippen LogP contribution in [0.25, 0.3) is 11.1 Å². The third-order valence-electron chi connectivity index (χ3n) is 6.07. The first-order valence-corrected chi connectivity index (χ1v) is 11.3. The molecule has 31 heavy (non-hydrogen) atoms. The molecule has 0 spiro atoms. The topological polar surface area (TPSA) is 51.1 Å². The molecule has 4 rings (SSSR count). The molecular formula is C26H32N4O. The highest BCUT2D eigenvalue weighted by Crippen LogP contribution is 2.37. The predicted octanol–water partition coefficient (Wildman–Crippen LogP) is 5.54. The summed E-state index contributed by atoms with van der Waals surface area (Å²) in [5.74, 6) is 1.90.